The highest BCUT2D eigenvalue weighted by Gasteiger charge is 2.23. The first-order valence-electron chi connectivity index (χ1n) is 18.6. The van der Waals surface area contributed by atoms with E-state index in [1.54, 1.807) is 12.4 Å². The summed E-state index contributed by atoms with van der Waals surface area (Å²) in [4.78, 5) is 20.1. The molecule has 0 aliphatic heterocycles. The Bertz CT molecular complexity index is 3250. The van der Waals surface area contributed by atoms with Crippen LogP contribution in [0.1, 0.15) is 0 Å². The number of para-hydroxylation sites is 4. The Hall–Kier alpha value is -7.84. The summed E-state index contributed by atoms with van der Waals surface area (Å²) in [7, 11) is 0. The van der Waals surface area contributed by atoms with Crippen LogP contribution in [0.3, 0.4) is 0 Å². The molecule has 0 bridgehead atoms. The van der Waals surface area contributed by atoms with E-state index < -0.39 is 0 Å². The molecule has 0 saturated heterocycles. The Balaban J connectivity index is 1.15. The molecule has 0 saturated carbocycles. The second-order valence-corrected chi connectivity index (χ2v) is 14.0. The number of fused-ring (bicyclic) bond motifs is 10. The molecule has 0 atom stereocenters. The van der Waals surface area contributed by atoms with Crippen LogP contribution in [-0.2, 0) is 0 Å². The molecule has 0 fully saturated rings. The molecule has 8 heteroatoms. The van der Waals surface area contributed by atoms with Crippen LogP contribution in [-0.4, -0.2) is 38.2 Å². The van der Waals surface area contributed by atoms with Gasteiger partial charge < -0.3 is 9.13 Å². The number of benzene rings is 6. The molecular weight excluding hydrogens is 689 g/mol. The molecule has 6 aromatic heterocycles. The Kier molecular flexibility index (Phi) is 6.47. The van der Waals surface area contributed by atoms with Crippen molar-refractivity contribution in [1.82, 2.24) is 38.2 Å². The average Bonchev–Trinajstić information content (AvgIpc) is 4.05. The molecule has 56 heavy (non-hydrogen) atoms. The van der Waals surface area contributed by atoms with Crippen molar-refractivity contribution in [3.63, 3.8) is 0 Å². The zero-order valence-corrected chi connectivity index (χ0v) is 29.9. The molecule has 262 valence electrons. The number of nitrogens with zero attached hydrogens (tertiary/aromatic N) is 8. The predicted octanol–water partition coefficient (Wildman–Crippen LogP) is 11.0. The van der Waals surface area contributed by atoms with E-state index in [1.807, 2.05) is 24.3 Å². The van der Waals surface area contributed by atoms with Crippen LogP contribution in [0.15, 0.2) is 183 Å². The van der Waals surface area contributed by atoms with Crippen LogP contribution >= 0.6 is 0 Å². The fourth-order valence-electron chi connectivity index (χ4n) is 8.61. The topological polar surface area (TPSA) is 71.3 Å². The molecule has 0 radical (unpaired) electrons. The number of hydrogen-bond acceptors (Lipinski definition) is 4. The number of pyridine rings is 1. The van der Waals surface area contributed by atoms with Crippen LogP contribution in [0.5, 0.6) is 0 Å². The minimum atomic E-state index is 0.539. The maximum atomic E-state index is 5.39. The molecular formula is C48H30N8. The van der Waals surface area contributed by atoms with E-state index in [9.17, 15) is 0 Å². The number of rotatable bonds is 5. The van der Waals surface area contributed by atoms with Gasteiger partial charge in [0.2, 0.25) is 11.9 Å². The van der Waals surface area contributed by atoms with Crippen LogP contribution < -0.4 is 0 Å². The molecule has 8 nitrogen and oxygen atoms in total. The quantitative estimate of drug-likeness (QED) is 0.178. The van der Waals surface area contributed by atoms with E-state index in [4.69, 9.17) is 15.0 Å². The molecule has 0 N–H and O–H groups in total. The van der Waals surface area contributed by atoms with E-state index in [2.05, 4.69) is 169 Å². The van der Waals surface area contributed by atoms with Crippen LogP contribution in [0.25, 0.3) is 100 Å². The van der Waals surface area contributed by atoms with Gasteiger partial charge in [-0.05, 0) is 84.9 Å². The standard InChI is InChI=1S/C48H30N8/c1-3-11-32(12-4-1)53-29-25-36-38(53)19-21-42-44(36)34-15-7-9-17-40(34)55(42)47-50-46(31-23-27-49-28-24-31)51-48(52-47)56-41-18-10-8-16-35(41)45-37-26-30-54(33-13-5-2-6-14-33)39(37)20-22-43(45)56/h1-30H. The summed E-state index contributed by atoms with van der Waals surface area (Å²) < 4.78 is 8.87. The van der Waals surface area contributed by atoms with Gasteiger partial charge >= 0.3 is 0 Å². The second-order valence-electron chi connectivity index (χ2n) is 14.0. The average molecular weight is 719 g/mol. The predicted molar refractivity (Wildman–Crippen MR) is 225 cm³/mol. The molecule has 6 heterocycles. The second kappa shape index (κ2) is 11.8. The van der Waals surface area contributed by atoms with Crippen LogP contribution in [0.4, 0.5) is 0 Å². The van der Waals surface area contributed by atoms with Crippen molar-refractivity contribution in [2.45, 2.75) is 0 Å². The molecule has 6 aromatic carbocycles. The molecule has 12 aromatic rings. The first-order chi connectivity index (χ1) is 27.8. The zero-order valence-electron chi connectivity index (χ0n) is 29.9. The van der Waals surface area contributed by atoms with E-state index in [1.165, 1.54) is 10.8 Å². The van der Waals surface area contributed by atoms with Gasteiger partial charge in [0.1, 0.15) is 0 Å². The molecule has 0 unspecified atom stereocenters. The summed E-state index contributed by atoms with van der Waals surface area (Å²) in [6.07, 6.45) is 7.87. The van der Waals surface area contributed by atoms with Gasteiger partial charge in [-0.2, -0.15) is 15.0 Å². The van der Waals surface area contributed by atoms with Gasteiger partial charge in [0, 0.05) is 74.0 Å². The lowest BCUT2D eigenvalue weighted by Gasteiger charge is -2.13. The summed E-state index contributed by atoms with van der Waals surface area (Å²) in [6, 6.07) is 55.1. The Morgan fingerprint density at radius 2 is 0.768 bits per heavy atom. The maximum Gasteiger partial charge on any atom is 0.240 e. The third kappa shape index (κ3) is 4.41. The van der Waals surface area contributed by atoms with Crippen molar-refractivity contribution in [3.8, 4) is 34.7 Å². The molecule has 0 aliphatic carbocycles. The van der Waals surface area contributed by atoms with E-state index >= 15 is 0 Å². The fourth-order valence-corrected chi connectivity index (χ4v) is 8.61. The monoisotopic (exact) mass is 718 g/mol. The Morgan fingerprint density at radius 3 is 1.27 bits per heavy atom. The van der Waals surface area contributed by atoms with E-state index in [-0.39, 0.29) is 0 Å². The Morgan fingerprint density at radius 1 is 0.339 bits per heavy atom. The first-order valence-corrected chi connectivity index (χ1v) is 18.6. The van der Waals surface area contributed by atoms with Crippen molar-refractivity contribution < 1.29 is 0 Å². The van der Waals surface area contributed by atoms with Gasteiger partial charge in [0.25, 0.3) is 0 Å². The summed E-state index contributed by atoms with van der Waals surface area (Å²) in [5.41, 5.74) is 9.46. The van der Waals surface area contributed by atoms with Crippen molar-refractivity contribution >= 4 is 65.4 Å². The fraction of sp³-hybridized carbons (Fsp3) is 0. The number of hydrogen-bond donors (Lipinski definition) is 0. The summed E-state index contributed by atoms with van der Waals surface area (Å²) >= 11 is 0. The summed E-state index contributed by atoms with van der Waals surface area (Å²) in [6.45, 7) is 0. The smallest absolute Gasteiger partial charge is 0.240 e. The first kappa shape index (κ1) is 30.6. The van der Waals surface area contributed by atoms with Crippen molar-refractivity contribution in [2.24, 2.45) is 0 Å². The van der Waals surface area contributed by atoms with Crippen molar-refractivity contribution in [3.05, 3.63) is 183 Å². The van der Waals surface area contributed by atoms with Gasteiger partial charge in [-0.25, -0.2) is 0 Å². The lowest BCUT2D eigenvalue weighted by molar-refractivity contribution is 0.892. The maximum absolute atomic E-state index is 5.39. The lowest BCUT2D eigenvalue weighted by atomic mass is 10.1. The van der Waals surface area contributed by atoms with Gasteiger partial charge in [-0.1, -0.05) is 72.8 Å². The zero-order chi connectivity index (χ0) is 36.7. The van der Waals surface area contributed by atoms with Crippen molar-refractivity contribution in [2.75, 3.05) is 0 Å². The molecule has 12 rings (SSSR count). The normalized spacial score (nSPS) is 11.9. The summed E-state index contributed by atoms with van der Waals surface area (Å²) in [5.74, 6) is 1.64. The minimum absolute atomic E-state index is 0.539. The molecule has 0 amide bonds. The van der Waals surface area contributed by atoms with Gasteiger partial charge in [-0.3, -0.25) is 14.1 Å². The van der Waals surface area contributed by atoms with Crippen molar-refractivity contribution in [1.29, 1.82) is 0 Å². The third-order valence-corrected chi connectivity index (χ3v) is 11.0. The van der Waals surface area contributed by atoms with Gasteiger partial charge in [0.05, 0.1) is 33.1 Å². The number of aromatic nitrogens is 8. The summed E-state index contributed by atoms with van der Waals surface area (Å²) in [5, 5.41) is 6.91. The lowest BCUT2D eigenvalue weighted by Crippen LogP contribution is -2.10. The molecule has 0 spiro atoms. The minimum Gasteiger partial charge on any atom is -0.317 e. The largest absolute Gasteiger partial charge is 0.317 e. The van der Waals surface area contributed by atoms with Gasteiger partial charge in [0.15, 0.2) is 5.82 Å². The van der Waals surface area contributed by atoms with E-state index in [0.717, 1.165) is 71.6 Å². The highest BCUT2D eigenvalue weighted by Crippen LogP contribution is 2.40. The molecule has 0 aliphatic rings. The van der Waals surface area contributed by atoms with E-state index in [0.29, 0.717) is 17.7 Å². The SMILES string of the molecule is c1ccc(-n2ccc3c4c5ccccc5n(-c5nc(-c6ccncc6)nc(-n6c7ccccc7c7c8ccn(-c9ccccc9)c8ccc76)n5)c4ccc32)cc1. The van der Waals surface area contributed by atoms with Crippen LogP contribution in [0, 0.1) is 0 Å². The van der Waals surface area contributed by atoms with Gasteiger partial charge in [-0.15, -0.1) is 0 Å². The highest BCUT2D eigenvalue weighted by atomic mass is 15.3. The third-order valence-electron chi connectivity index (χ3n) is 11.0. The highest BCUT2D eigenvalue weighted by molar-refractivity contribution is 6.22. The Labute approximate surface area is 319 Å². The van der Waals surface area contributed by atoms with Crippen LogP contribution in [0.2, 0.25) is 0 Å².